The summed E-state index contributed by atoms with van der Waals surface area (Å²) in [5, 5.41) is 13.7. The van der Waals surface area contributed by atoms with Crippen LogP contribution in [0.4, 0.5) is 0 Å². The summed E-state index contributed by atoms with van der Waals surface area (Å²) in [5.74, 6) is 1.36. The van der Waals surface area contributed by atoms with Crippen molar-refractivity contribution >= 4 is 23.2 Å². The van der Waals surface area contributed by atoms with Crippen LogP contribution in [0.2, 0.25) is 10.0 Å². The van der Waals surface area contributed by atoms with Gasteiger partial charge >= 0.3 is 0 Å². The molecule has 0 bridgehead atoms. The van der Waals surface area contributed by atoms with Crippen molar-refractivity contribution in [3.63, 3.8) is 0 Å². The van der Waals surface area contributed by atoms with Crippen LogP contribution in [0.1, 0.15) is 31.9 Å². The molecule has 0 aliphatic rings. The van der Waals surface area contributed by atoms with E-state index in [2.05, 4.69) is 5.32 Å². The molecule has 2 rings (SSSR count). The third-order valence-electron chi connectivity index (χ3n) is 3.85. The Morgan fingerprint density at radius 2 is 1.69 bits per heavy atom. The normalized spacial score (nSPS) is 11.5. The molecular formula is C20H25Cl2NO3. The van der Waals surface area contributed by atoms with E-state index in [1.165, 1.54) is 0 Å². The van der Waals surface area contributed by atoms with Crippen molar-refractivity contribution in [3.05, 3.63) is 57.6 Å². The number of nitrogens with one attached hydrogen (secondary N) is 1. The standard InChI is InChI=1S/C20H25Cl2NO3/c1-4-25-19-10-14(11-23-20(2,3)13-24)6-8-18(19)26-12-15-5-7-16(21)17(22)9-15/h5-10,23-24H,4,11-13H2,1-3H3. The van der Waals surface area contributed by atoms with Crippen molar-refractivity contribution in [2.75, 3.05) is 13.2 Å². The summed E-state index contributed by atoms with van der Waals surface area (Å²) >= 11 is 12.0. The summed E-state index contributed by atoms with van der Waals surface area (Å²) in [7, 11) is 0. The van der Waals surface area contributed by atoms with Crippen molar-refractivity contribution in [1.29, 1.82) is 0 Å². The average molecular weight is 398 g/mol. The van der Waals surface area contributed by atoms with Gasteiger partial charge in [-0.15, -0.1) is 0 Å². The van der Waals surface area contributed by atoms with Gasteiger partial charge in [-0.2, -0.15) is 0 Å². The predicted octanol–water partition coefficient (Wildman–Crippen LogP) is 4.83. The van der Waals surface area contributed by atoms with Crippen LogP contribution >= 0.6 is 23.2 Å². The molecule has 0 radical (unpaired) electrons. The van der Waals surface area contributed by atoms with E-state index in [9.17, 15) is 5.11 Å². The first-order chi connectivity index (χ1) is 12.3. The molecule has 2 N–H and O–H groups in total. The molecule has 0 atom stereocenters. The Hall–Kier alpha value is -1.46. The van der Waals surface area contributed by atoms with E-state index < -0.39 is 0 Å². The van der Waals surface area contributed by atoms with E-state index in [4.69, 9.17) is 32.7 Å². The molecule has 0 fully saturated rings. The van der Waals surface area contributed by atoms with Gasteiger partial charge in [-0.3, -0.25) is 0 Å². The third-order valence-corrected chi connectivity index (χ3v) is 4.59. The first kappa shape index (κ1) is 20.8. The fourth-order valence-electron chi connectivity index (χ4n) is 2.24. The summed E-state index contributed by atoms with van der Waals surface area (Å²) in [6, 6.07) is 11.2. The van der Waals surface area contributed by atoms with Gasteiger partial charge in [-0.05, 0) is 56.2 Å². The Morgan fingerprint density at radius 1 is 0.962 bits per heavy atom. The number of hydrogen-bond acceptors (Lipinski definition) is 4. The van der Waals surface area contributed by atoms with Crippen LogP contribution in [-0.2, 0) is 13.2 Å². The highest BCUT2D eigenvalue weighted by Gasteiger charge is 2.15. The van der Waals surface area contributed by atoms with Gasteiger partial charge in [0.1, 0.15) is 6.61 Å². The molecule has 0 heterocycles. The minimum Gasteiger partial charge on any atom is -0.490 e. The molecule has 0 spiro atoms. The zero-order chi connectivity index (χ0) is 19.2. The van der Waals surface area contributed by atoms with Gasteiger partial charge in [-0.25, -0.2) is 0 Å². The number of halogens is 2. The monoisotopic (exact) mass is 397 g/mol. The second-order valence-electron chi connectivity index (χ2n) is 6.65. The van der Waals surface area contributed by atoms with Crippen LogP contribution in [0.3, 0.4) is 0 Å². The fourth-order valence-corrected chi connectivity index (χ4v) is 2.56. The SMILES string of the molecule is CCOc1cc(CNC(C)(C)CO)ccc1OCc1ccc(Cl)c(Cl)c1. The molecular weight excluding hydrogens is 373 g/mol. The minimum atomic E-state index is -0.338. The molecule has 142 valence electrons. The van der Waals surface area contributed by atoms with Crippen LogP contribution in [0.25, 0.3) is 0 Å². The second-order valence-corrected chi connectivity index (χ2v) is 7.46. The summed E-state index contributed by atoms with van der Waals surface area (Å²) in [5.41, 5.74) is 1.64. The number of aliphatic hydroxyl groups is 1. The zero-order valence-electron chi connectivity index (χ0n) is 15.3. The third kappa shape index (κ3) is 6.06. The quantitative estimate of drug-likeness (QED) is 0.635. The topological polar surface area (TPSA) is 50.7 Å². The fraction of sp³-hybridized carbons (Fsp3) is 0.400. The Bertz CT molecular complexity index is 735. The smallest absolute Gasteiger partial charge is 0.161 e. The van der Waals surface area contributed by atoms with Gasteiger partial charge in [-0.1, -0.05) is 35.3 Å². The Balaban J connectivity index is 2.08. The molecule has 26 heavy (non-hydrogen) atoms. The zero-order valence-corrected chi connectivity index (χ0v) is 16.8. The molecule has 6 heteroatoms. The molecule has 0 aliphatic carbocycles. The molecule has 0 aliphatic heterocycles. The molecule has 0 saturated heterocycles. The summed E-state index contributed by atoms with van der Waals surface area (Å²) in [6.07, 6.45) is 0. The van der Waals surface area contributed by atoms with E-state index in [0.717, 1.165) is 11.1 Å². The van der Waals surface area contributed by atoms with E-state index >= 15 is 0 Å². The Morgan fingerprint density at radius 3 is 2.35 bits per heavy atom. The highest BCUT2D eigenvalue weighted by molar-refractivity contribution is 6.42. The molecule has 2 aromatic rings. The van der Waals surface area contributed by atoms with Gasteiger partial charge in [0.15, 0.2) is 11.5 Å². The van der Waals surface area contributed by atoms with Gasteiger partial charge in [0.2, 0.25) is 0 Å². The maximum atomic E-state index is 9.34. The van der Waals surface area contributed by atoms with E-state index in [-0.39, 0.29) is 12.1 Å². The Kier molecular flexibility index (Phi) is 7.59. The van der Waals surface area contributed by atoms with Gasteiger partial charge < -0.3 is 19.9 Å². The van der Waals surface area contributed by atoms with Crippen LogP contribution in [0.15, 0.2) is 36.4 Å². The summed E-state index contributed by atoms with van der Waals surface area (Å²) in [4.78, 5) is 0. The number of hydrogen-bond donors (Lipinski definition) is 2. The summed E-state index contributed by atoms with van der Waals surface area (Å²) < 4.78 is 11.6. The number of aliphatic hydroxyl groups excluding tert-OH is 1. The van der Waals surface area contributed by atoms with E-state index in [0.29, 0.717) is 41.3 Å². The lowest BCUT2D eigenvalue weighted by Gasteiger charge is -2.24. The number of benzene rings is 2. The van der Waals surface area contributed by atoms with Crippen molar-refractivity contribution in [2.24, 2.45) is 0 Å². The first-order valence-electron chi connectivity index (χ1n) is 8.53. The molecule has 0 unspecified atom stereocenters. The summed E-state index contributed by atoms with van der Waals surface area (Å²) in [6.45, 7) is 7.43. The van der Waals surface area contributed by atoms with Crippen LogP contribution in [0, 0.1) is 0 Å². The van der Waals surface area contributed by atoms with Crippen LogP contribution < -0.4 is 14.8 Å². The highest BCUT2D eigenvalue weighted by Crippen LogP contribution is 2.30. The predicted molar refractivity (Wildman–Crippen MR) is 106 cm³/mol. The van der Waals surface area contributed by atoms with Crippen molar-refractivity contribution in [1.82, 2.24) is 5.32 Å². The molecule has 0 amide bonds. The lowest BCUT2D eigenvalue weighted by Crippen LogP contribution is -2.42. The molecule has 0 aromatic heterocycles. The maximum Gasteiger partial charge on any atom is 0.161 e. The minimum absolute atomic E-state index is 0.0656. The second kappa shape index (κ2) is 9.47. The average Bonchev–Trinajstić information content (AvgIpc) is 2.62. The van der Waals surface area contributed by atoms with Gasteiger partial charge in [0.25, 0.3) is 0 Å². The van der Waals surface area contributed by atoms with Gasteiger partial charge in [0.05, 0.1) is 23.3 Å². The van der Waals surface area contributed by atoms with E-state index in [1.807, 2.05) is 45.0 Å². The maximum absolute atomic E-state index is 9.34. The molecule has 4 nitrogen and oxygen atoms in total. The number of rotatable bonds is 9. The highest BCUT2D eigenvalue weighted by atomic mass is 35.5. The largest absolute Gasteiger partial charge is 0.490 e. The molecule has 0 saturated carbocycles. The lowest BCUT2D eigenvalue weighted by molar-refractivity contribution is 0.187. The van der Waals surface area contributed by atoms with Crippen molar-refractivity contribution < 1.29 is 14.6 Å². The van der Waals surface area contributed by atoms with Gasteiger partial charge in [0, 0.05) is 12.1 Å². The van der Waals surface area contributed by atoms with Crippen LogP contribution in [0.5, 0.6) is 11.5 Å². The number of ether oxygens (including phenoxy) is 2. The molecule has 2 aromatic carbocycles. The van der Waals surface area contributed by atoms with Crippen molar-refractivity contribution in [2.45, 2.75) is 39.5 Å². The Labute approximate surface area is 165 Å². The first-order valence-corrected chi connectivity index (χ1v) is 9.28. The van der Waals surface area contributed by atoms with E-state index in [1.54, 1.807) is 12.1 Å². The van der Waals surface area contributed by atoms with Crippen molar-refractivity contribution in [3.8, 4) is 11.5 Å². The lowest BCUT2D eigenvalue weighted by atomic mass is 10.1. The van der Waals surface area contributed by atoms with Crippen LogP contribution in [-0.4, -0.2) is 23.9 Å².